The van der Waals surface area contributed by atoms with Crippen LogP contribution >= 0.6 is 0 Å². The Morgan fingerprint density at radius 2 is 2.00 bits per heavy atom. The van der Waals surface area contributed by atoms with Gasteiger partial charge in [0.25, 0.3) is 0 Å². The van der Waals surface area contributed by atoms with Gasteiger partial charge in [0.1, 0.15) is 11.9 Å². The van der Waals surface area contributed by atoms with Crippen molar-refractivity contribution in [2.24, 2.45) is 0 Å². The van der Waals surface area contributed by atoms with Crippen molar-refractivity contribution < 1.29 is 14.3 Å². The molecule has 6 heteroatoms. The molecular weight excluding hydrogens is 318 g/mol. The summed E-state index contributed by atoms with van der Waals surface area (Å²) in [6.07, 6.45) is 1.80. The summed E-state index contributed by atoms with van der Waals surface area (Å²) in [5, 5.41) is 3.02. The molecule has 2 aliphatic rings. The molecule has 2 heterocycles. The van der Waals surface area contributed by atoms with Gasteiger partial charge in [0.2, 0.25) is 11.8 Å². The van der Waals surface area contributed by atoms with Crippen molar-refractivity contribution >= 4 is 11.8 Å². The average Bonchev–Trinajstić information content (AvgIpc) is 2.61. The molecule has 0 aromatic heterocycles. The van der Waals surface area contributed by atoms with E-state index in [1.807, 2.05) is 4.90 Å². The fourth-order valence-electron chi connectivity index (χ4n) is 3.31. The topological polar surface area (TPSA) is 61.9 Å². The second kappa shape index (κ2) is 7.87. The molecule has 25 heavy (non-hydrogen) atoms. The Bertz CT molecular complexity index is 639. The molecule has 6 nitrogen and oxygen atoms in total. The minimum absolute atomic E-state index is 0.00717. The monoisotopic (exact) mass is 345 g/mol. The molecule has 0 bridgehead atoms. The van der Waals surface area contributed by atoms with E-state index in [1.165, 1.54) is 5.56 Å². The zero-order valence-electron chi connectivity index (χ0n) is 15.1. The molecule has 1 N–H and O–H groups in total. The second-order valence-corrected chi connectivity index (χ2v) is 6.96. The number of likely N-dealkylation sites (tertiary alicyclic amines) is 1. The fourth-order valence-corrected chi connectivity index (χ4v) is 3.31. The quantitative estimate of drug-likeness (QED) is 0.888. The number of carbonyl (C=O) groups is 2. The van der Waals surface area contributed by atoms with Crippen LogP contribution in [0.5, 0.6) is 5.75 Å². The number of nitrogens with zero attached hydrogens (tertiary/aromatic N) is 2. The molecule has 0 unspecified atom stereocenters. The standard InChI is InChI=1S/C19H27N3O3/c1-14-3-4-15(2)17(11-14)25-16-5-8-21(9-6-16)19(24)13-22-10-7-20-12-18(22)23/h3-4,11,16,20H,5-10,12-13H2,1-2H3. The second-order valence-electron chi connectivity index (χ2n) is 6.96. The van der Waals surface area contributed by atoms with E-state index in [0.717, 1.165) is 30.7 Å². The summed E-state index contributed by atoms with van der Waals surface area (Å²) in [5.74, 6) is 0.990. The highest BCUT2D eigenvalue weighted by Gasteiger charge is 2.27. The number of ether oxygens (including phenoxy) is 1. The summed E-state index contributed by atoms with van der Waals surface area (Å²) >= 11 is 0. The van der Waals surface area contributed by atoms with E-state index in [-0.39, 0.29) is 24.5 Å². The van der Waals surface area contributed by atoms with Gasteiger partial charge in [-0.25, -0.2) is 0 Å². The third kappa shape index (κ3) is 4.51. The number of amides is 2. The molecule has 0 atom stereocenters. The van der Waals surface area contributed by atoms with E-state index in [2.05, 4.69) is 37.4 Å². The first-order valence-electron chi connectivity index (χ1n) is 9.03. The Balaban J connectivity index is 1.48. The van der Waals surface area contributed by atoms with Crippen LogP contribution < -0.4 is 10.1 Å². The van der Waals surface area contributed by atoms with E-state index in [1.54, 1.807) is 4.90 Å². The van der Waals surface area contributed by atoms with Gasteiger partial charge in [0, 0.05) is 39.0 Å². The van der Waals surface area contributed by atoms with Gasteiger partial charge >= 0.3 is 0 Å². The maximum Gasteiger partial charge on any atom is 0.242 e. The molecule has 2 aliphatic heterocycles. The lowest BCUT2D eigenvalue weighted by Crippen LogP contribution is -2.53. The van der Waals surface area contributed by atoms with Crippen molar-refractivity contribution in [2.75, 3.05) is 39.3 Å². The first kappa shape index (κ1) is 17.7. The largest absolute Gasteiger partial charge is 0.490 e. The van der Waals surface area contributed by atoms with Crippen molar-refractivity contribution in [3.05, 3.63) is 29.3 Å². The first-order valence-corrected chi connectivity index (χ1v) is 9.03. The highest BCUT2D eigenvalue weighted by atomic mass is 16.5. The highest BCUT2D eigenvalue weighted by molar-refractivity contribution is 5.86. The van der Waals surface area contributed by atoms with Crippen LogP contribution in [0.1, 0.15) is 24.0 Å². The molecule has 0 saturated carbocycles. The molecule has 2 saturated heterocycles. The minimum Gasteiger partial charge on any atom is -0.490 e. The number of hydrogen-bond donors (Lipinski definition) is 1. The van der Waals surface area contributed by atoms with Gasteiger partial charge in [-0.15, -0.1) is 0 Å². The summed E-state index contributed by atoms with van der Waals surface area (Å²) in [6.45, 7) is 7.38. The molecule has 0 aliphatic carbocycles. The van der Waals surface area contributed by atoms with Crippen molar-refractivity contribution in [2.45, 2.75) is 32.8 Å². The number of rotatable bonds is 4. The van der Waals surface area contributed by atoms with Crippen LogP contribution in [0.25, 0.3) is 0 Å². The first-order chi connectivity index (χ1) is 12.0. The van der Waals surface area contributed by atoms with Crippen LogP contribution in [-0.2, 0) is 9.59 Å². The number of hydrogen-bond acceptors (Lipinski definition) is 4. The van der Waals surface area contributed by atoms with Gasteiger partial charge in [-0.3, -0.25) is 9.59 Å². The normalized spacial score (nSPS) is 19.2. The van der Waals surface area contributed by atoms with Crippen molar-refractivity contribution in [1.29, 1.82) is 0 Å². The van der Waals surface area contributed by atoms with Crippen LogP contribution in [0.2, 0.25) is 0 Å². The van der Waals surface area contributed by atoms with E-state index < -0.39 is 0 Å². The number of benzene rings is 1. The van der Waals surface area contributed by atoms with E-state index in [4.69, 9.17) is 4.74 Å². The van der Waals surface area contributed by atoms with Gasteiger partial charge in [0.05, 0.1) is 13.1 Å². The van der Waals surface area contributed by atoms with Crippen LogP contribution in [0, 0.1) is 13.8 Å². The summed E-state index contributed by atoms with van der Waals surface area (Å²) < 4.78 is 6.15. The van der Waals surface area contributed by atoms with E-state index in [0.29, 0.717) is 26.2 Å². The van der Waals surface area contributed by atoms with Crippen molar-refractivity contribution in [3.8, 4) is 5.75 Å². The predicted molar refractivity (Wildman–Crippen MR) is 95.6 cm³/mol. The number of nitrogens with one attached hydrogen (secondary N) is 1. The Morgan fingerprint density at radius 1 is 1.24 bits per heavy atom. The number of carbonyl (C=O) groups excluding carboxylic acids is 2. The predicted octanol–water partition coefficient (Wildman–Crippen LogP) is 1.11. The Hall–Kier alpha value is -2.08. The zero-order chi connectivity index (χ0) is 17.8. The third-order valence-corrected chi connectivity index (χ3v) is 4.95. The molecule has 0 spiro atoms. The summed E-state index contributed by atoms with van der Waals surface area (Å²) in [5.41, 5.74) is 2.33. The van der Waals surface area contributed by atoms with Gasteiger partial charge in [-0.1, -0.05) is 12.1 Å². The molecular formula is C19H27N3O3. The third-order valence-electron chi connectivity index (χ3n) is 4.95. The molecule has 1 aromatic rings. The van der Waals surface area contributed by atoms with Crippen LogP contribution in [-0.4, -0.2) is 67.0 Å². The summed E-state index contributed by atoms with van der Waals surface area (Å²) in [7, 11) is 0. The SMILES string of the molecule is Cc1ccc(C)c(OC2CCN(C(=O)CN3CCNCC3=O)CC2)c1. The van der Waals surface area contributed by atoms with E-state index >= 15 is 0 Å². The summed E-state index contributed by atoms with van der Waals surface area (Å²) in [6, 6.07) is 6.23. The lowest BCUT2D eigenvalue weighted by atomic mass is 10.1. The maximum atomic E-state index is 12.4. The minimum atomic E-state index is 0.00717. The molecule has 3 rings (SSSR count). The Kier molecular flexibility index (Phi) is 5.58. The van der Waals surface area contributed by atoms with Gasteiger partial charge in [0.15, 0.2) is 0 Å². The molecule has 136 valence electrons. The summed E-state index contributed by atoms with van der Waals surface area (Å²) in [4.78, 5) is 27.8. The van der Waals surface area contributed by atoms with Gasteiger partial charge in [-0.05, 0) is 31.0 Å². The molecule has 2 amide bonds. The highest BCUT2D eigenvalue weighted by Crippen LogP contribution is 2.24. The van der Waals surface area contributed by atoms with Crippen LogP contribution in [0.15, 0.2) is 18.2 Å². The Labute approximate surface area is 149 Å². The zero-order valence-corrected chi connectivity index (χ0v) is 15.1. The average molecular weight is 345 g/mol. The Morgan fingerprint density at radius 3 is 2.72 bits per heavy atom. The van der Waals surface area contributed by atoms with Crippen LogP contribution in [0.4, 0.5) is 0 Å². The fraction of sp³-hybridized carbons (Fsp3) is 0.579. The molecule has 0 radical (unpaired) electrons. The number of piperidine rings is 1. The lowest BCUT2D eigenvalue weighted by Gasteiger charge is -2.34. The maximum absolute atomic E-state index is 12.4. The van der Waals surface area contributed by atoms with Gasteiger partial charge < -0.3 is 19.9 Å². The van der Waals surface area contributed by atoms with Crippen LogP contribution in [0.3, 0.4) is 0 Å². The lowest BCUT2D eigenvalue weighted by molar-refractivity contribution is -0.142. The molecule has 1 aromatic carbocycles. The number of aryl methyl sites for hydroxylation is 2. The van der Waals surface area contributed by atoms with Crippen molar-refractivity contribution in [3.63, 3.8) is 0 Å². The van der Waals surface area contributed by atoms with E-state index in [9.17, 15) is 9.59 Å². The molecule has 2 fully saturated rings. The smallest absolute Gasteiger partial charge is 0.242 e. The number of piperazine rings is 1. The van der Waals surface area contributed by atoms with Gasteiger partial charge in [-0.2, -0.15) is 0 Å². The van der Waals surface area contributed by atoms with Crippen molar-refractivity contribution in [1.82, 2.24) is 15.1 Å².